The molecule has 1 fully saturated rings. The third-order valence-electron chi connectivity index (χ3n) is 4.54. The third kappa shape index (κ3) is 5.04. The van der Waals surface area contributed by atoms with Gasteiger partial charge in [0.15, 0.2) is 6.61 Å². The van der Waals surface area contributed by atoms with Gasteiger partial charge in [-0.3, -0.25) is 9.59 Å². The summed E-state index contributed by atoms with van der Waals surface area (Å²) in [7, 11) is -3.48. The summed E-state index contributed by atoms with van der Waals surface area (Å²) in [5, 5.41) is 2.66. The zero-order valence-electron chi connectivity index (χ0n) is 15.2. The van der Waals surface area contributed by atoms with Crippen molar-refractivity contribution >= 4 is 21.9 Å². The van der Waals surface area contributed by atoms with Gasteiger partial charge < -0.3 is 10.1 Å². The van der Waals surface area contributed by atoms with Crippen LogP contribution in [0.3, 0.4) is 0 Å². The van der Waals surface area contributed by atoms with E-state index in [4.69, 9.17) is 4.74 Å². The molecule has 1 aromatic rings. The van der Waals surface area contributed by atoms with Gasteiger partial charge in [0.2, 0.25) is 10.0 Å². The molecule has 2 rings (SSSR count). The summed E-state index contributed by atoms with van der Waals surface area (Å²) in [6.45, 7) is 4.37. The number of nitrogens with one attached hydrogen (secondary N) is 1. The van der Waals surface area contributed by atoms with Gasteiger partial charge in [0.1, 0.15) is 0 Å². The highest BCUT2D eigenvalue weighted by molar-refractivity contribution is 7.89. The molecule has 26 heavy (non-hydrogen) atoms. The first-order valence-electron chi connectivity index (χ1n) is 8.90. The third-order valence-corrected chi connectivity index (χ3v) is 6.60. The molecule has 0 aliphatic heterocycles. The van der Waals surface area contributed by atoms with Crippen LogP contribution >= 0.6 is 0 Å². The van der Waals surface area contributed by atoms with E-state index in [1.54, 1.807) is 26.0 Å². The molecule has 1 aliphatic carbocycles. The Morgan fingerprint density at radius 3 is 2.27 bits per heavy atom. The monoisotopic (exact) mass is 382 g/mol. The topological polar surface area (TPSA) is 92.8 Å². The molecule has 0 unspecified atom stereocenters. The van der Waals surface area contributed by atoms with Crippen LogP contribution in [0, 0.1) is 5.92 Å². The van der Waals surface area contributed by atoms with Crippen LogP contribution in [0.5, 0.6) is 0 Å². The van der Waals surface area contributed by atoms with E-state index in [9.17, 15) is 18.0 Å². The molecular formula is C18H26N2O5S. The van der Waals surface area contributed by atoms with Crippen molar-refractivity contribution in [1.82, 2.24) is 9.62 Å². The SMILES string of the molecule is CCN(CC)S(=O)(=O)c1ccc(CNC(=O)COC(=O)C2CCC2)cc1. The normalized spacial score (nSPS) is 14.7. The molecule has 1 saturated carbocycles. The molecule has 7 nitrogen and oxygen atoms in total. The average molecular weight is 382 g/mol. The molecule has 0 spiro atoms. The standard InChI is InChI=1S/C18H26N2O5S/c1-3-20(4-2)26(23,24)16-10-8-14(9-11-16)12-19-17(21)13-25-18(22)15-6-5-7-15/h8-11,15H,3-7,12-13H2,1-2H3,(H,19,21). The molecule has 0 aromatic heterocycles. The van der Waals surface area contributed by atoms with Crippen LogP contribution in [-0.4, -0.2) is 44.3 Å². The Bertz CT molecular complexity index is 722. The Labute approximate surface area is 154 Å². The van der Waals surface area contributed by atoms with E-state index < -0.39 is 10.0 Å². The molecule has 1 N–H and O–H groups in total. The van der Waals surface area contributed by atoms with E-state index in [1.807, 2.05) is 0 Å². The first-order chi connectivity index (χ1) is 12.4. The molecule has 1 aliphatic rings. The highest BCUT2D eigenvalue weighted by Gasteiger charge is 2.27. The van der Waals surface area contributed by atoms with Crippen LogP contribution in [0.1, 0.15) is 38.7 Å². The lowest BCUT2D eigenvalue weighted by molar-refractivity contribution is -0.155. The number of esters is 1. The Morgan fingerprint density at radius 2 is 1.77 bits per heavy atom. The molecule has 0 atom stereocenters. The average Bonchev–Trinajstić information content (AvgIpc) is 2.58. The van der Waals surface area contributed by atoms with Crippen molar-refractivity contribution in [2.75, 3.05) is 19.7 Å². The van der Waals surface area contributed by atoms with E-state index in [1.165, 1.54) is 16.4 Å². The van der Waals surface area contributed by atoms with Crippen LogP contribution in [0.2, 0.25) is 0 Å². The summed E-state index contributed by atoms with van der Waals surface area (Å²) in [5.41, 5.74) is 0.766. The van der Waals surface area contributed by atoms with Gasteiger partial charge in [0.05, 0.1) is 10.8 Å². The van der Waals surface area contributed by atoms with Crippen LogP contribution < -0.4 is 5.32 Å². The minimum Gasteiger partial charge on any atom is -0.455 e. The second-order valence-electron chi connectivity index (χ2n) is 6.25. The molecule has 0 heterocycles. The summed E-state index contributed by atoms with van der Waals surface area (Å²) in [5.74, 6) is -0.738. The molecule has 0 radical (unpaired) electrons. The summed E-state index contributed by atoms with van der Waals surface area (Å²) >= 11 is 0. The largest absolute Gasteiger partial charge is 0.455 e. The fraction of sp³-hybridized carbons (Fsp3) is 0.556. The maximum absolute atomic E-state index is 12.4. The summed E-state index contributed by atoms with van der Waals surface area (Å²) in [6, 6.07) is 6.39. The van der Waals surface area contributed by atoms with Crippen LogP contribution in [-0.2, 0) is 30.9 Å². The van der Waals surface area contributed by atoms with Gasteiger partial charge in [-0.25, -0.2) is 8.42 Å². The molecule has 1 amide bonds. The van der Waals surface area contributed by atoms with Crippen LogP contribution in [0.15, 0.2) is 29.2 Å². The number of rotatable bonds is 9. The van der Waals surface area contributed by atoms with E-state index in [0.717, 1.165) is 24.8 Å². The number of benzene rings is 1. The quantitative estimate of drug-likeness (QED) is 0.656. The minimum absolute atomic E-state index is 0.0527. The Kier molecular flexibility index (Phi) is 7.16. The number of carbonyl (C=O) groups excluding carboxylic acids is 2. The van der Waals surface area contributed by atoms with Crippen molar-refractivity contribution in [3.8, 4) is 0 Å². The number of nitrogens with zero attached hydrogens (tertiary/aromatic N) is 1. The maximum atomic E-state index is 12.4. The predicted octanol–water partition coefficient (Wildman–Crippen LogP) is 1.68. The lowest BCUT2D eigenvalue weighted by Crippen LogP contribution is -2.31. The number of hydrogen-bond acceptors (Lipinski definition) is 5. The molecule has 0 saturated heterocycles. The summed E-state index contributed by atoms with van der Waals surface area (Å²) in [6.07, 6.45) is 2.71. The van der Waals surface area contributed by atoms with E-state index in [-0.39, 0.29) is 35.8 Å². The number of carbonyl (C=O) groups is 2. The van der Waals surface area contributed by atoms with Gasteiger partial charge in [-0.05, 0) is 30.5 Å². The van der Waals surface area contributed by atoms with Gasteiger partial charge >= 0.3 is 5.97 Å². The highest BCUT2D eigenvalue weighted by atomic mass is 32.2. The second kappa shape index (κ2) is 9.14. The van der Waals surface area contributed by atoms with E-state index in [2.05, 4.69) is 5.32 Å². The summed E-state index contributed by atoms with van der Waals surface area (Å²) in [4.78, 5) is 23.6. The minimum atomic E-state index is -3.48. The van der Waals surface area contributed by atoms with Crippen molar-refractivity contribution in [3.05, 3.63) is 29.8 Å². The Hall–Kier alpha value is -1.93. The fourth-order valence-corrected chi connectivity index (χ4v) is 4.10. The first-order valence-corrected chi connectivity index (χ1v) is 10.3. The lowest BCUT2D eigenvalue weighted by atomic mass is 9.86. The zero-order chi connectivity index (χ0) is 19.2. The van der Waals surface area contributed by atoms with Gasteiger partial charge in [-0.2, -0.15) is 4.31 Å². The zero-order valence-corrected chi connectivity index (χ0v) is 16.0. The van der Waals surface area contributed by atoms with Crippen molar-refractivity contribution in [2.45, 2.75) is 44.6 Å². The van der Waals surface area contributed by atoms with E-state index >= 15 is 0 Å². The lowest BCUT2D eigenvalue weighted by Gasteiger charge is -2.22. The van der Waals surface area contributed by atoms with Gasteiger partial charge in [-0.1, -0.05) is 32.4 Å². The fourth-order valence-electron chi connectivity index (χ4n) is 2.64. The molecule has 1 aromatic carbocycles. The number of hydrogen-bond donors (Lipinski definition) is 1. The van der Waals surface area contributed by atoms with Gasteiger partial charge in [0, 0.05) is 19.6 Å². The van der Waals surface area contributed by atoms with Crippen molar-refractivity contribution in [3.63, 3.8) is 0 Å². The molecule has 0 bridgehead atoms. The van der Waals surface area contributed by atoms with Crippen LogP contribution in [0.4, 0.5) is 0 Å². The molecule has 144 valence electrons. The van der Waals surface area contributed by atoms with Crippen molar-refractivity contribution < 1.29 is 22.7 Å². The Morgan fingerprint density at radius 1 is 1.15 bits per heavy atom. The van der Waals surface area contributed by atoms with Gasteiger partial charge in [-0.15, -0.1) is 0 Å². The maximum Gasteiger partial charge on any atom is 0.309 e. The molecule has 8 heteroatoms. The highest BCUT2D eigenvalue weighted by Crippen LogP contribution is 2.27. The second-order valence-corrected chi connectivity index (χ2v) is 8.18. The number of sulfonamides is 1. The van der Waals surface area contributed by atoms with Gasteiger partial charge in [0.25, 0.3) is 5.91 Å². The number of amides is 1. The predicted molar refractivity (Wildman–Crippen MR) is 96.7 cm³/mol. The first kappa shape index (κ1) is 20.4. The van der Waals surface area contributed by atoms with Crippen molar-refractivity contribution in [2.24, 2.45) is 5.92 Å². The van der Waals surface area contributed by atoms with Crippen molar-refractivity contribution in [1.29, 1.82) is 0 Å². The smallest absolute Gasteiger partial charge is 0.309 e. The van der Waals surface area contributed by atoms with E-state index in [0.29, 0.717) is 13.1 Å². The summed E-state index contributed by atoms with van der Waals surface area (Å²) < 4.78 is 31.2. The Balaban J connectivity index is 1.83. The van der Waals surface area contributed by atoms with Crippen LogP contribution in [0.25, 0.3) is 0 Å². The molecular weight excluding hydrogens is 356 g/mol. The number of ether oxygens (including phenoxy) is 1.